The molecule has 0 spiro atoms. The van der Waals surface area contributed by atoms with Crippen LogP contribution in [-0.2, 0) is 0 Å². The van der Waals surface area contributed by atoms with Crippen molar-refractivity contribution in [1.29, 1.82) is 0 Å². The molecule has 0 aliphatic rings. The molecule has 7 heteroatoms. The van der Waals surface area contributed by atoms with Gasteiger partial charge in [-0.1, -0.05) is 36.4 Å². The monoisotopic (exact) mass is 444 g/mol. The summed E-state index contributed by atoms with van der Waals surface area (Å²) in [6.45, 7) is 4.42. The fraction of sp³-hybridized carbons (Fsp3) is 0.154. The third-order valence-electron chi connectivity index (χ3n) is 4.86. The van der Waals surface area contributed by atoms with E-state index in [4.69, 9.17) is 13.9 Å². The predicted octanol–water partition coefficient (Wildman–Crippen LogP) is 5.73. The molecule has 2 amide bonds. The van der Waals surface area contributed by atoms with Crippen LogP contribution in [0.2, 0.25) is 0 Å². The number of fused-ring (bicyclic) bond motifs is 1. The van der Waals surface area contributed by atoms with E-state index in [9.17, 15) is 9.59 Å². The van der Waals surface area contributed by atoms with Gasteiger partial charge >= 0.3 is 0 Å². The summed E-state index contributed by atoms with van der Waals surface area (Å²) >= 11 is 0. The van der Waals surface area contributed by atoms with Crippen LogP contribution in [0.3, 0.4) is 0 Å². The van der Waals surface area contributed by atoms with Gasteiger partial charge in [0.2, 0.25) is 0 Å². The Morgan fingerprint density at radius 3 is 1.94 bits per heavy atom. The quantitative estimate of drug-likeness (QED) is 0.362. The van der Waals surface area contributed by atoms with Crippen LogP contribution in [-0.4, -0.2) is 25.0 Å². The van der Waals surface area contributed by atoms with Gasteiger partial charge in [0.25, 0.3) is 11.8 Å². The Morgan fingerprint density at radius 2 is 1.33 bits per heavy atom. The van der Waals surface area contributed by atoms with Crippen molar-refractivity contribution in [2.45, 2.75) is 13.8 Å². The van der Waals surface area contributed by atoms with E-state index < -0.39 is 5.91 Å². The van der Waals surface area contributed by atoms with Crippen LogP contribution in [0.4, 0.5) is 11.4 Å². The average Bonchev–Trinajstić information content (AvgIpc) is 3.27. The molecule has 2 N–H and O–H groups in total. The molecule has 4 aromatic rings. The number of carbonyl (C=O) groups excluding carboxylic acids is 2. The Kier molecular flexibility index (Phi) is 6.59. The van der Waals surface area contributed by atoms with Crippen molar-refractivity contribution in [2.24, 2.45) is 0 Å². The molecule has 1 heterocycles. The SMILES string of the molecule is CCOc1cc(NC(=O)c2cc3ccccc3o2)c(OCC)cc1NC(=O)c1ccccc1. The van der Waals surface area contributed by atoms with E-state index >= 15 is 0 Å². The minimum absolute atomic E-state index is 0.179. The van der Waals surface area contributed by atoms with Crippen LogP contribution in [0.1, 0.15) is 34.8 Å². The number of carbonyl (C=O) groups is 2. The van der Waals surface area contributed by atoms with Gasteiger partial charge < -0.3 is 24.5 Å². The maximum absolute atomic E-state index is 12.9. The van der Waals surface area contributed by atoms with Gasteiger partial charge in [-0.3, -0.25) is 9.59 Å². The summed E-state index contributed by atoms with van der Waals surface area (Å²) < 4.78 is 17.1. The lowest BCUT2D eigenvalue weighted by molar-refractivity contribution is 0.0995. The molecular weight excluding hydrogens is 420 g/mol. The average molecular weight is 444 g/mol. The van der Waals surface area contributed by atoms with Gasteiger partial charge in [0.15, 0.2) is 5.76 Å². The highest BCUT2D eigenvalue weighted by Gasteiger charge is 2.19. The number of para-hydroxylation sites is 1. The lowest BCUT2D eigenvalue weighted by atomic mass is 10.2. The fourth-order valence-electron chi connectivity index (χ4n) is 3.37. The second-order valence-corrected chi connectivity index (χ2v) is 7.13. The Morgan fingerprint density at radius 1 is 0.758 bits per heavy atom. The first-order valence-electron chi connectivity index (χ1n) is 10.7. The van der Waals surface area contributed by atoms with Crippen LogP contribution in [0.5, 0.6) is 11.5 Å². The van der Waals surface area contributed by atoms with Gasteiger partial charge in [0.05, 0.1) is 24.6 Å². The van der Waals surface area contributed by atoms with Crippen LogP contribution in [0.25, 0.3) is 11.0 Å². The summed E-state index contributed by atoms with van der Waals surface area (Å²) in [6.07, 6.45) is 0. The number of amides is 2. The van der Waals surface area contributed by atoms with Gasteiger partial charge in [-0.2, -0.15) is 0 Å². The van der Waals surface area contributed by atoms with E-state index in [1.807, 2.05) is 38.1 Å². The van der Waals surface area contributed by atoms with Crippen molar-refractivity contribution >= 4 is 34.2 Å². The van der Waals surface area contributed by atoms with Crippen molar-refractivity contribution in [2.75, 3.05) is 23.8 Å². The molecule has 0 fully saturated rings. The van der Waals surface area contributed by atoms with Gasteiger partial charge in [-0.15, -0.1) is 0 Å². The van der Waals surface area contributed by atoms with Gasteiger partial charge in [-0.25, -0.2) is 0 Å². The van der Waals surface area contributed by atoms with E-state index in [1.54, 1.807) is 48.5 Å². The molecule has 0 unspecified atom stereocenters. The number of furan rings is 1. The lowest BCUT2D eigenvalue weighted by Crippen LogP contribution is -2.15. The summed E-state index contributed by atoms with van der Waals surface area (Å²) in [4.78, 5) is 25.6. The number of ether oxygens (including phenoxy) is 2. The van der Waals surface area contributed by atoms with Gasteiger partial charge in [0, 0.05) is 23.1 Å². The van der Waals surface area contributed by atoms with E-state index in [-0.39, 0.29) is 11.7 Å². The van der Waals surface area contributed by atoms with Crippen molar-refractivity contribution in [3.8, 4) is 11.5 Å². The predicted molar refractivity (Wildman–Crippen MR) is 127 cm³/mol. The van der Waals surface area contributed by atoms with Crippen LogP contribution >= 0.6 is 0 Å². The molecule has 1 aromatic heterocycles. The maximum Gasteiger partial charge on any atom is 0.291 e. The van der Waals surface area contributed by atoms with Crippen LogP contribution in [0, 0.1) is 0 Å². The Hall–Kier alpha value is -4.26. The third kappa shape index (κ3) is 4.98. The van der Waals surface area contributed by atoms with Crippen LogP contribution < -0.4 is 20.1 Å². The smallest absolute Gasteiger partial charge is 0.291 e. The first-order chi connectivity index (χ1) is 16.1. The first-order valence-corrected chi connectivity index (χ1v) is 10.7. The van der Waals surface area contributed by atoms with Crippen molar-refractivity contribution in [1.82, 2.24) is 0 Å². The second-order valence-electron chi connectivity index (χ2n) is 7.13. The number of nitrogens with one attached hydrogen (secondary N) is 2. The summed E-state index contributed by atoms with van der Waals surface area (Å²) in [7, 11) is 0. The molecule has 0 aliphatic carbocycles. The molecule has 3 aromatic carbocycles. The highest BCUT2D eigenvalue weighted by atomic mass is 16.5. The molecule has 0 saturated heterocycles. The highest BCUT2D eigenvalue weighted by molar-refractivity contribution is 6.07. The molecule has 0 aliphatic heterocycles. The number of anilines is 2. The van der Waals surface area contributed by atoms with Crippen LogP contribution in [0.15, 0.2) is 77.2 Å². The number of benzene rings is 3. The Labute approximate surface area is 191 Å². The lowest BCUT2D eigenvalue weighted by Gasteiger charge is -2.17. The van der Waals surface area contributed by atoms with Crippen molar-refractivity contribution < 1.29 is 23.5 Å². The normalized spacial score (nSPS) is 10.6. The Bertz CT molecular complexity index is 1250. The molecule has 0 atom stereocenters. The molecule has 33 heavy (non-hydrogen) atoms. The van der Waals surface area contributed by atoms with Gasteiger partial charge in [-0.05, 0) is 38.1 Å². The second kappa shape index (κ2) is 9.91. The zero-order chi connectivity index (χ0) is 23.2. The maximum atomic E-state index is 12.9. The largest absolute Gasteiger partial charge is 0.492 e. The van der Waals surface area contributed by atoms with E-state index in [0.29, 0.717) is 47.2 Å². The molecule has 0 radical (unpaired) electrons. The summed E-state index contributed by atoms with van der Waals surface area (Å²) in [6, 6.07) is 21.2. The summed E-state index contributed by atoms with van der Waals surface area (Å²) in [5.41, 5.74) is 1.99. The minimum atomic E-state index is -0.421. The third-order valence-corrected chi connectivity index (χ3v) is 4.86. The Balaban J connectivity index is 1.64. The number of hydrogen-bond donors (Lipinski definition) is 2. The molecular formula is C26H24N2O5. The fourth-order valence-corrected chi connectivity index (χ4v) is 3.37. The molecule has 0 saturated carbocycles. The van der Waals surface area contributed by atoms with Crippen molar-refractivity contribution in [3.63, 3.8) is 0 Å². The summed E-state index contributed by atoms with van der Waals surface area (Å²) in [5, 5.41) is 6.53. The topological polar surface area (TPSA) is 89.8 Å². The molecule has 0 bridgehead atoms. The minimum Gasteiger partial charge on any atom is -0.492 e. The van der Waals surface area contributed by atoms with Crippen molar-refractivity contribution in [3.05, 3.63) is 84.1 Å². The zero-order valence-corrected chi connectivity index (χ0v) is 18.4. The highest BCUT2D eigenvalue weighted by Crippen LogP contribution is 2.37. The zero-order valence-electron chi connectivity index (χ0n) is 18.4. The van der Waals surface area contributed by atoms with Gasteiger partial charge in [0.1, 0.15) is 17.1 Å². The van der Waals surface area contributed by atoms with E-state index in [1.165, 1.54) is 0 Å². The molecule has 7 nitrogen and oxygen atoms in total. The number of rotatable bonds is 8. The van der Waals surface area contributed by atoms with E-state index in [2.05, 4.69) is 10.6 Å². The standard InChI is InChI=1S/C26H24N2O5/c1-3-31-22-16-20(28-26(30)24-14-18-12-8-9-13-21(18)33-24)23(32-4-2)15-19(22)27-25(29)17-10-6-5-7-11-17/h5-16H,3-4H2,1-2H3,(H,27,29)(H,28,30). The number of hydrogen-bond acceptors (Lipinski definition) is 5. The molecule has 168 valence electrons. The summed E-state index contributed by atoms with van der Waals surface area (Å²) in [5.74, 6) is 0.283. The molecule has 4 rings (SSSR count). The first kappa shape index (κ1) is 22.0. The van der Waals surface area contributed by atoms with E-state index in [0.717, 1.165) is 5.39 Å².